The zero-order chi connectivity index (χ0) is 13.8. The van der Waals surface area contributed by atoms with Crippen LogP contribution in [0.1, 0.15) is 21.7 Å². The van der Waals surface area contributed by atoms with Gasteiger partial charge in [0.15, 0.2) is 0 Å². The van der Waals surface area contributed by atoms with Crippen LogP contribution in [0, 0.1) is 29.6 Å². The summed E-state index contributed by atoms with van der Waals surface area (Å²) in [5.74, 6) is 0. The molecule has 6 heteroatoms. The van der Waals surface area contributed by atoms with Crippen molar-refractivity contribution in [3.05, 3.63) is 40.0 Å². The van der Waals surface area contributed by atoms with Gasteiger partial charge in [-0.1, -0.05) is 6.07 Å². The molecule has 0 saturated heterocycles. The number of nitrogens with one attached hydrogen (secondary N) is 1. The quantitative estimate of drug-likeness (QED) is 0.891. The maximum absolute atomic E-state index is 9.07. The molecule has 0 spiro atoms. The zero-order valence-electron chi connectivity index (χ0n) is 10.3. The van der Waals surface area contributed by atoms with Crippen LogP contribution in [0.15, 0.2) is 18.3 Å². The second kappa shape index (κ2) is 5.38. The number of thiophene rings is 1. The second-order valence-electron chi connectivity index (χ2n) is 3.89. The van der Waals surface area contributed by atoms with Gasteiger partial charge in [-0.2, -0.15) is 10.5 Å². The van der Waals surface area contributed by atoms with Crippen LogP contribution >= 0.6 is 11.3 Å². The third kappa shape index (κ3) is 2.49. The summed E-state index contributed by atoms with van der Waals surface area (Å²) in [7, 11) is 0. The van der Waals surface area contributed by atoms with Crippen LogP contribution in [0.4, 0.5) is 10.7 Å². The number of aromatic nitrogens is 1. The van der Waals surface area contributed by atoms with Crippen LogP contribution in [-0.4, -0.2) is 4.98 Å². The average molecular weight is 269 g/mol. The third-order valence-corrected chi connectivity index (χ3v) is 3.76. The number of nitriles is 2. The lowest BCUT2D eigenvalue weighted by molar-refractivity contribution is 1.02. The van der Waals surface area contributed by atoms with Crippen molar-refractivity contribution in [2.24, 2.45) is 0 Å². The fourth-order valence-corrected chi connectivity index (χ4v) is 2.49. The van der Waals surface area contributed by atoms with Crippen molar-refractivity contribution < 1.29 is 0 Å². The highest BCUT2D eigenvalue weighted by Crippen LogP contribution is 2.34. The number of rotatable bonds is 3. The van der Waals surface area contributed by atoms with Gasteiger partial charge in [-0.3, -0.25) is 4.98 Å². The van der Waals surface area contributed by atoms with E-state index in [0.29, 0.717) is 22.0 Å². The first-order chi connectivity index (χ1) is 9.17. The lowest BCUT2D eigenvalue weighted by Gasteiger charge is -2.06. The molecule has 2 aromatic rings. The van der Waals surface area contributed by atoms with Crippen LogP contribution in [0.2, 0.25) is 0 Å². The molecular formula is C13H11N5S. The molecule has 0 aliphatic carbocycles. The number of nitrogen functional groups attached to an aromatic ring is 1. The standard InChI is InChI=1S/C13H11N5S/c1-8-3-2-4-17-10(8)7-18-13-9(5-14)12(16)11(6-15)19-13/h2-4,18H,7,16H2,1H3. The Kier molecular flexibility index (Phi) is 3.65. The number of hydrogen-bond acceptors (Lipinski definition) is 6. The molecule has 3 N–H and O–H groups in total. The fraction of sp³-hybridized carbons (Fsp3) is 0.154. The van der Waals surface area contributed by atoms with Crippen molar-refractivity contribution in [3.8, 4) is 12.1 Å². The van der Waals surface area contributed by atoms with Crippen LogP contribution in [0.5, 0.6) is 0 Å². The van der Waals surface area contributed by atoms with Crippen molar-refractivity contribution in [2.45, 2.75) is 13.5 Å². The molecule has 0 bridgehead atoms. The Labute approximate surface area is 114 Å². The van der Waals surface area contributed by atoms with Crippen LogP contribution in [0.25, 0.3) is 0 Å². The molecule has 0 fully saturated rings. The first kappa shape index (κ1) is 12.9. The summed E-state index contributed by atoms with van der Waals surface area (Å²) in [5, 5.41) is 21.7. The molecular weight excluding hydrogens is 258 g/mol. The topological polar surface area (TPSA) is 98.5 Å². The molecule has 0 saturated carbocycles. The molecule has 0 radical (unpaired) electrons. The predicted octanol–water partition coefficient (Wildman–Crippen LogP) is 2.39. The first-order valence-electron chi connectivity index (χ1n) is 5.54. The number of anilines is 2. The van der Waals surface area contributed by atoms with Crippen molar-refractivity contribution >= 4 is 22.0 Å². The molecule has 2 aromatic heterocycles. The Hall–Kier alpha value is -2.57. The lowest BCUT2D eigenvalue weighted by Crippen LogP contribution is -2.03. The van der Waals surface area contributed by atoms with E-state index in [9.17, 15) is 0 Å². The van der Waals surface area contributed by atoms with E-state index in [2.05, 4.69) is 10.3 Å². The summed E-state index contributed by atoms with van der Waals surface area (Å²) in [5.41, 5.74) is 8.28. The molecule has 94 valence electrons. The zero-order valence-corrected chi connectivity index (χ0v) is 11.1. The number of nitrogens with zero attached hydrogens (tertiary/aromatic N) is 3. The number of hydrogen-bond donors (Lipinski definition) is 2. The van der Waals surface area contributed by atoms with E-state index < -0.39 is 0 Å². The molecule has 2 heterocycles. The van der Waals surface area contributed by atoms with Gasteiger partial charge >= 0.3 is 0 Å². The molecule has 0 unspecified atom stereocenters. The number of aryl methyl sites for hydroxylation is 1. The predicted molar refractivity (Wildman–Crippen MR) is 74.5 cm³/mol. The smallest absolute Gasteiger partial charge is 0.131 e. The Morgan fingerprint density at radius 3 is 2.84 bits per heavy atom. The molecule has 0 aliphatic heterocycles. The Balaban J connectivity index is 2.24. The maximum atomic E-state index is 9.07. The van der Waals surface area contributed by atoms with Gasteiger partial charge in [0.2, 0.25) is 0 Å². The number of nitrogens with two attached hydrogens (primary N) is 1. The van der Waals surface area contributed by atoms with E-state index in [1.54, 1.807) is 6.20 Å². The highest BCUT2D eigenvalue weighted by Gasteiger charge is 2.15. The fourth-order valence-electron chi connectivity index (χ4n) is 1.63. The van der Waals surface area contributed by atoms with Gasteiger partial charge in [0.1, 0.15) is 27.6 Å². The van der Waals surface area contributed by atoms with Crippen LogP contribution in [-0.2, 0) is 6.54 Å². The van der Waals surface area contributed by atoms with Crippen molar-refractivity contribution in [2.75, 3.05) is 11.1 Å². The summed E-state index contributed by atoms with van der Waals surface area (Å²) in [6.45, 7) is 2.46. The molecule has 0 amide bonds. The van der Waals surface area contributed by atoms with E-state index in [-0.39, 0.29) is 5.69 Å². The summed E-state index contributed by atoms with van der Waals surface area (Å²) in [4.78, 5) is 4.62. The minimum atomic E-state index is 0.246. The van der Waals surface area contributed by atoms with E-state index in [1.807, 2.05) is 31.2 Å². The molecule has 0 atom stereocenters. The second-order valence-corrected chi connectivity index (χ2v) is 4.91. The third-order valence-electron chi connectivity index (χ3n) is 2.69. The molecule has 5 nitrogen and oxygen atoms in total. The van der Waals surface area contributed by atoms with Gasteiger partial charge in [0.05, 0.1) is 17.9 Å². The highest BCUT2D eigenvalue weighted by atomic mass is 32.1. The Morgan fingerprint density at radius 2 is 2.21 bits per heavy atom. The summed E-state index contributed by atoms with van der Waals surface area (Å²) < 4.78 is 0. The van der Waals surface area contributed by atoms with Crippen LogP contribution in [0.3, 0.4) is 0 Å². The van der Waals surface area contributed by atoms with Gasteiger partial charge in [0.25, 0.3) is 0 Å². The lowest BCUT2D eigenvalue weighted by atomic mass is 10.2. The minimum absolute atomic E-state index is 0.246. The molecule has 19 heavy (non-hydrogen) atoms. The minimum Gasteiger partial charge on any atom is -0.396 e. The van der Waals surface area contributed by atoms with Gasteiger partial charge in [-0.25, -0.2) is 0 Å². The van der Waals surface area contributed by atoms with E-state index >= 15 is 0 Å². The first-order valence-corrected chi connectivity index (χ1v) is 6.35. The summed E-state index contributed by atoms with van der Waals surface area (Å²) in [6.07, 6.45) is 1.72. The Morgan fingerprint density at radius 1 is 1.42 bits per heavy atom. The summed E-state index contributed by atoms with van der Waals surface area (Å²) in [6, 6.07) is 7.85. The SMILES string of the molecule is Cc1cccnc1CNc1sc(C#N)c(N)c1C#N. The van der Waals surface area contributed by atoms with Gasteiger partial charge < -0.3 is 11.1 Å². The molecule has 0 aromatic carbocycles. The normalized spacial score (nSPS) is 9.63. The molecule has 0 aliphatic rings. The summed E-state index contributed by atoms with van der Waals surface area (Å²) >= 11 is 1.19. The van der Waals surface area contributed by atoms with Gasteiger partial charge in [-0.05, 0) is 18.6 Å². The molecule has 2 rings (SSSR count). The number of pyridine rings is 1. The van der Waals surface area contributed by atoms with Gasteiger partial charge in [-0.15, -0.1) is 11.3 Å². The van der Waals surface area contributed by atoms with Crippen LogP contribution < -0.4 is 11.1 Å². The monoisotopic (exact) mass is 269 g/mol. The Bertz CT molecular complexity index is 690. The van der Waals surface area contributed by atoms with Crippen molar-refractivity contribution in [3.63, 3.8) is 0 Å². The maximum Gasteiger partial charge on any atom is 0.131 e. The van der Waals surface area contributed by atoms with E-state index in [1.165, 1.54) is 11.3 Å². The van der Waals surface area contributed by atoms with Crippen molar-refractivity contribution in [1.82, 2.24) is 4.98 Å². The van der Waals surface area contributed by atoms with Crippen molar-refractivity contribution in [1.29, 1.82) is 10.5 Å². The largest absolute Gasteiger partial charge is 0.396 e. The van der Waals surface area contributed by atoms with E-state index in [4.69, 9.17) is 16.3 Å². The van der Waals surface area contributed by atoms with Gasteiger partial charge in [0, 0.05) is 6.20 Å². The van der Waals surface area contributed by atoms with E-state index in [0.717, 1.165) is 11.3 Å². The average Bonchev–Trinajstić information content (AvgIpc) is 2.73. The highest BCUT2D eigenvalue weighted by molar-refractivity contribution is 7.17.